The lowest BCUT2D eigenvalue weighted by atomic mass is 10.2. The summed E-state index contributed by atoms with van der Waals surface area (Å²) in [5, 5.41) is 0. The third-order valence-corrected chi connectivity index (χ3v) is 1.23. The van der Waals surface area contributed by atoms with Crippen molar-refractivity contribution in [2.75, 3.05) is 6.54 Å². The molecule has 0 aliphatic rings. The molecule has 0 saturated heterocycles. The molecule has 0 aromatic carbocycles. The third-order valence-electron chi connectivity index (χ3n) is 1.23. The third kappa shape index (κ3) is 4.30. The average molecular weight is 139 g/mol. The Balaban J connectivity index is 3.84. The molecule has 0 bridgehead atoms. The molecule has 0 aliphatic heterocycles. The van der Waals surface area contributed by atoms with E-state index in [1.807, 2.05) is 13.0 Å². The van der Waals surface area contributed by atoms with Crippen molar-refractivity contribution in [3.05, 3.63) is 12.2 Å². The summed E-state index contributed by atoms with van der Waals surface area (Å²) in [4.78, 5) is 4.33. The van der Waals surface area contributed by atoms with E-state index in [4.69, 9.17) is 0 Å². The molecule has 0 saturated carbocycles. The lowest BCUT2D eigenvalue weighted by Crippen LogP contribution is -1.92. The van der Waals surface area contributed by atoms with Crippen LogP contribution in [-0.4, -0.2) is 12.3 Å². The highest BCUT2D eigenvalue weighted by Crippen LogP contribution is 1.94. The first-order valence-corrected chi connectivity index (χ1v) is 4.01. The van der Waals surface area contributed by atoms with Crippen LogP contribution in [0, 0.1) is 0 Å². The van der Waals surface area contributed by atoms with Gasteiger partial charge in [0, 0.05) is 12.3 Å². The van der Waals surface area contributed by atoms with Crippen LogP contribution >= 0.6 is 0 Å². The molecule has 1 heteroatoms. The lowest BCUT2D eigenvalue weighted by molar-refractivity contribution is 0.980. The van der Waals surface area contributed by atoms with Crippen LogP contribution in [0.2, 0.25) is 0 Å². The summed E-state index contributed by atoms with van der Waals surface area (Å²) in [6, 6.07) is 0. The molecule has 58 valence electrons. The summed E-state index contributed by atoms with van der Waals surface area (Å²) in [5.41, 5.74) is 1.23. The summed E-state index contributed by atoms with van der Waals surface area (Å²) >= 11 is 0. The van der Waals surface area contributed by atoms with Crippen molar-refractivity contribution in [3.63, 3.8) is 0 Å². The zero-order chi connectivity index (χ0) is 7.82. The number of aliphatic imine (C=N–C) groups is 1. The molecule has 0 heterocycles. The van der Waals surface area contributed by atoms with E-state index < -0.39 is 0 Å². The van der Waals surface area contributed by atoms with Gasteiger partial charge in [-0.3, -0.25) is 4.99 Å². The highest BCUT2D eigenvalue weighted by Gasteiger charge is 1.88. The summed E-state index contributed by atoms with van der Waals surface area (Å²) in [6.07, 6.45) is 6.43. The van der Waals surface area contributed by atoms with Gasteiger partial charge in [0.05, 0.1) is 0 Å². The van der Waals surface area contributed by atoms with Gasteiger partial charge in [-0.25, -0.2) is 0 Å². The predicted molar refractivity (Wildman–Crippen MR) is 47.7 cm³/mol. The Morgan fingerprint density at radius 1 is 1.40 bits per heavy atom. The van der Waals surface area contributed by atoms with Crippen molar-refractivity contribution in [1.82, 2.24) is 0 Å². The Hall–Kier alpha value is -0.590. The summed E-state index contributed by atoms with van der Waals surface area (Å²) in [7, 11) is 0. The summed E-state index contributed by atoms with van der Waals surface area (Å²) < 4.78 is 0. The van der Waals surface area contributed by atoms with Crippen LogP contribution in [0.15, 0.2) is 17.1 Å². The second-order valence-electron chi connectivity index (χ2n) is 2.22. The Labute approximate surface area is 63.9 Å². The monoisotopic (exact) mass is 139 g/mol. The fourth-order valence-corrected chi connectivity index (χ4v) is 0.867. The molecule has 1 nitrogen and oxygen atoms in total. The highest BCUT2D eigenvalue weighted by molar-refractivity contribution is 5.94. The zero-order valence-corrected chi connectivity index (χ0v) is 7.22. The second kappa shape index (κ2) is 6.53. The van der Waals surface area contributed by atoms with E-state index in [1.54, 1.807) is 0 Å². The van der Waals surface area contributed by atoms with Gasteiger partial charge < -0.3 is 0 Å². The first-order valence-electron chi connectivity index (χ1n) is 4.01. The smallest absolute Gasteiger partial charge is 0.0364 e. The fraction of sp³-hybridized carbons (Fsp3) is 0.667. The van der Waals surface area contributed by atoms with E-state index in [2.05, 4.69) is 24.9 Å². The van der Waals surface area contributed by atoms with Crippen LogP contribution in [-0.2, 0) is 0 Å². The number of nitrogens with zero attached hydrogens (tertiary/aromatic N) is 1. The van der Waals surface area contributed by atoms with Crippen molar-refractivity contribution in [2.24, 2.45) is 4.99 Å². The average Bonchev–Trinajstić information content (AvgIpc) is 1.90. The minimum Gasteiger partial charge on any atom is -0.290 e. The Bertz CT molecular complexity index is 123. The minimum absolute atomic E-state index is 0.902. The van der Waals surface area contributed by atoms with Gasteiger partial charge in [0.25, 0.3) is 0 Å². The Kier molecular flexibility index (Phi) is 6.14. The molecule has 0 atom stereocenters. The molecule has 0 aromatic rings. The van der Waals surface area contributed by atoms with Gasteiger partial charge in [0.2, 0.25) is 0 Å². The Morgan fingerprint density at radius 2 is 2.10 bits per heavy atom. The highest BCUT2D eigenvalue weighted by atomic mass is 14.7. The van der Waals surface area contributed by atoms with Gasteiger partial charge >= 0.3 is 0 Å². The van der Waals surface area contributed by atoms with Gasteiger partial charge in [0.1, 0.15) is 0 Å². The molecule has 0 aromatic heterocycles. The van der Waals surface area contributed by atoms with Crippen LogP contribution < -0.4 is 0 Å². The normalized spacial score (nSPS) is 12.9. The number of rotatable bonds is 4. The number of allylic oxidation sites excluding steroid dienone is 2. The van der Waals surface area contributed by atoms with Gasteiger partial charge in [-0.1, -0.05) is 19.4 Å². The van der Waals surface area contributed by atoms with Crippen molar-refractivity contribution in [1.29, 1.82) is 0 Å². The van der Waals surface area contributed by atoms with E-state index in [0.29, 0.717) is 0 Å². The first-order chi connectivity index (χ1) is 4.85. The molecule has 0 radical (unpaired) electrons. The van der Waals surface area contributed by atoms with E-state index >= 15 is 0 Å². The molecule has 0 fully saturated rings. The lowest BCUT2D eigenvalue weighted by Gasteiger charge is -1.95. The quantitative estimate of drug-likeness (QED) is 0.531. The van der Waals surface area contributed by atoms with E-state index in [1.165, 1.54) is 12.1 Å². The van der Waals surface area contributed by atoms with Gasteiger partial charge in [-0.15, -0.1) is 0 Å². The van der Waals surface area contributed by atoms with Crippen molar-refractivity contribution in [2.45, 2.75) is 33.6 Å². The van der Waals surface area contributed by atoms with E-state index in [-0.39, 0.29) is 0 Å². The molecule has 0 N–H and O–H groups in total. The van der Waals surface area contributed by atoms with Gasteiger partial charge in [0.15, 0.2) is 0 Å². The Morgan fingerprint density at radius 3 is 2.50 bits per heavy atom. The topological polar surface area (TPSA) is 12.4 Å². The van der Waals surface area contributed by atoms with Crippen LogP contribution in [0.1, 0.15) is 33.6 Å². The first kappa shape index (κ1) is 9.41. The maximum atomic E-state index is 4.33. The molecular formula is C9H17N. The van der Waals surface area contributed by atoms with Crippen molar-refractivity contribution < 1.29 is 0 Å². The van der Waals surface area contributed by atoms with Crippen molar-refractivity contribution >= 4 is 5.71 Å². The molecule has 0 spiro atoms. The van der Waals surface area contributed by atoms with Crippen LogP contribution in [0.25, 0.3) is 0 Å². The predicted octanol–water partition coefficient (Wildman–Crippen LogP) is 2.82. The van der Waals surface area contributed by atoms with Crippen LogP contribution in [0.3, 0.4) is 0 Å². The number of hydrogen-bond donors (Lipinski definition) is 0. The standard InChI is InChI=1S/C9H17N/c1-4-7-9(8-5-2)10-6-3/h4,7H,5-6,8H2,1-3H3/b7-4-,10-9?. The SMILES string of the molecule is C/C=C\C(CCC)=NCC. The molecular weight excluding hydrogens is 122 g/mol. The van der Waals surface area contributed by atoms with Crippen LogP contribution in [0.5, 0.6) is 0 Å². The maximum Gasteiger partial charge on any atom is 0.0364 e. The van der Waals surface area contributed by atoms with E-state index in [0.717, 1.165) is 13.0 Å². The van der Waals surface area contributed by atoms with Crippen LogP contribution in [0.4, 0.5) is 0 Å². The largest absolute Gasteiger partial charge is 0.290 e. The molecule has 10 heavy (non-hydrogen) atoms. The fourth-order valence-electron chi connectivity index (χ4n) is 0.867. The molecule has 0 amide bonds. The number of hydrogen-bond acceptors (Lipinski definition) is 1. The van der Waals surface area contributed by atoms with E-state index in [9.17, 15) is 0 Å². The minimum atomic E-state index is 0.902. The molecule has 0 unspecified atom stereocenters. The molecule has 0 rings (SSSR count). The van der Waals surface area contributed by atoms with Gasteiger partial charge in [-0.05, 0) is 26.3 Å². The summed E-state index contributed by atoms with van der Waals surface area (Å²) in [6.45, 7) is 7.17. The zero-order valence-electron chi connectivity index (χ0n) is 7.22. The second-order valence-corrected chi connectivity index (χ2v) is 2.22. The maximum absolute atomic E-state index is 4.33. The molecule has 0 aliphatic carbocycles. The summed E-state index contributed by atoms with van der Waals surface area (Å²) in [5.74, 6) is 0. The van der Waals surface area contributed by atoms with Gasteiger partial charge in [-0.2, -0.15) is 0 Å². The van der Waals surface area contributed by atoms with Crippen molar-refractivity contribution in [3.8, 4) is 0 Å².